The number of rotatable bonds is 5. The molecule has 0 saturated heterocycles. The first-order valence-electron chi connectivity index (χ1n) is 4.06. The number of nitrogens with zero attached hydrogens (tertiary/aromatic N) is 1. The Labute approximate surface area is 81.9 Å². The van der Waals surface area contributed by atoms with Gasteiger partial charge < -0.3 is 4.84 Å². The predicted molar refractivity (Wildman–Crippen MR) is 52.9 cm³/mol. The summed E-state index contributed by atoms with van der Waals surface area (Å²) in [6, 6.07) is 3.73. The summed E-state index contributed by atoms with van der Waals surface area (Å²) in [4.78, 5) is 17.2. The highest BCUT2D eigenvalue weighted by Gasteiger charge is 2.07. The Kier molecular flexibility index (Phi) is 4.08. The molecule has 13 heavy (non-hydrogen) atoms. The van der Waals surface area contributed by atoms with Crippen molar-refractivity contribution in [2.45, 2.75) is 6.42 Å². The molecule has 0 bridgehead atoms. The SMILES string of the molecule is CON(C)CCC(=O)c1cccs1. The minimum Gasteiger partial charge on any atom is -0.303 e. The van der Waals surface area contributed by atoms with Crippen molar-refractivity contribution in [2.24, 2.45) is 0 Å². The lowest BCUT2D eigenvalue weighted by atomic mass is 10.2. The van der Waals surface area contributed by atoms with E-state index in [9.17, 15) is 4.79 Å². The first-order chi connectivity index (χ1) is 6.24. The highest BCUT2D eigenvalue weighted by molar-refractivity contribution is 7.12. The highest BCUT2D eigenvalue weighted by Crippen LogP contribution is 2.11. The molecule has 0 spiro atoms. The van der Waals surface area contributed by atoms with E-state index in [0.29, 0.717) is 13.0 Å². The first-order valence-corrected chi connectivity index (χ1v) is 4.94. The Hall–Kier alpha value is -0.710. The van der Waals surface area contributed by atoms with Crippen LogP contribution in [0.5, 0.6) is 0 Å². The van der Waals surface area contributed by atoms with Crippen LogP contribution in [0.3, 0.4) is 0 Å². The van der Waals surface area contributed by atoms with Gasteiger partial charge in [-0.1, -0.05) is 6.07 Å². The molecular formula is C9H13NO2S. The van der Waals surface area contributed by atoms with Crippen LogP contribution in [0.2, 0.25) is 0 Å². The van der Waals surface area contributed by atoms with E-state index in [1.165, 1.54) is 11.3 Å². The number of hydrogen-bond donors (Lipinski definition) is 0. The molecule has 1 rings (SSSR count). The normalized spacial score (nSPS) is 10.7. The third-order valence-corrected chi connectivity index (χ3v) is 2.67. The van der Waals surface area contributed by atoms with E-state index in [0.717, 1.165) is 4.88 Å². The lowest BCUT2D eigenvalue weighted by Crippen LogP contribution is -2.20. The molecular weight excluding hydrogens is 186 g/mol. The van der Waals surface area contributed by atoms with E-state index < -0.39 is 0 Å². The Morgan fingerprint density at radius 1 is 1.69 bits per heavy atom. The Balaban J connectivity index is 2.35. The van der Waals surface area contributed by atoms with E-state index in [1.54, 1.807) is 12.2 Å². The Bertz CT molecular complexity index is 259. The van der Waals surface area contributed by atoms with Gasteiger partial charge in [-0.25, -0.2) is 0 Å². The molecule has 3 nitrogen and oxygen atoms in total. The number of carbonyl (C=O) groups is 1. The number of hydroxylamine groups is 2. The second-order valence-corrected chi connectivity index (χ2v) is 3.63. The molecule has 0 atom stereocenters. The fourth-order valence-corrected chi connectivity index (χ4v) is 1.61. The lowest BCUT2D eigenvalue weighted by molar-refractivity contribution is -0.107. The van der Waals surface area contributed by atoms with Crippen LogP contribution in [-0.2, 0) is 4.84 Å². The summed E-state index contributed by atoms with van der Waals surface area (Å²) in [5.74, 6) is 0.180. The maximum Gasteiger partial charge on any atom is 0.174 e. The van der Waals surface area contributed by atoms with Gasteiger partial charge in [-0.2, -0.15) is 5.06 Å². The van der Waals surface area contributed by atoms with Crippen molar-refractivity contribution >= 4 is 17.1 Å². The van der Waals surface area contributed by atoms with E-state index in [1.807, 2.05) is 24.6 Å². The third kappa shape index (κ3) is 3.26. The van der Waals surface area contributed by atoms with Gasteiger partial charge in [-0.15, -0.1) is 11.3 Å². The minimum atomic E-state index is 0.180. The number of ketones is 1. The van der Waals surface area contributed by atoms with Gasteiger partial charge in [0.05, 0.1) is 12.0 Å². The molecule has 0 N–H and O–H groups in total. The maximum absolute atomic E-state index is 11.5. The van der Waals surface area contributed by atoms with Crippen LogP contribution in [-0.4, -0.2) is 31.5 Å². The van der Waals surface area contributed by atoms with Crippen LogP contribution in [0.25, 0.3) is 0 Å². The number of thiophene rings is 1. The third-order valence-electron chi connectivity index (χ3n) is 1.76. The molecule has 1 aromatic rings. The van der Waals surface area contributed by atoms with Crippen molar-refractivity contribution in [3.63, 3.8) is 0 Å². The van der Waals surface area contributed by atoms with E-state index in [-0.39, 0.29) is 5.78 Å². The smallest absolute Gasteiger partial charge is 0.174 e. The van der Waals surface area contributed by atoms with Crippen LogP contribution in [0.1, 0.15) is 16.1 Å². The summed E-state index contributed by atoms with van der Waals surface area (Å²) >= 11 is 1.48. The minimum absolute atomic E-state index is 0.180. The summed E-state index contributed by atoms with van der Waals surface area (Å²) in [7, 11) is 3.40. The Morgan fingerprint density at radius 3 is 3.00 bits per heavy atom. The molecule has 1 aromatic heterocycles. The maximum atomic E-state index is 11.5. The zero-order valence-electron chi connectivity index (χ0n) is 7.82. The summed E-state index contributed by atoms with van der Waals surface area (Å²) in [5.41, 5.74) is 0. The van der Waals surface area contributed by atoms with Gasteiger partial charge >= 0.3 is 0 Å². The van der Waals surface area contributed by atoms with Gasteiger partial charge in [0, 0.05) is 20.0 Å². The zero-order chi connectivity index (χ0) is 9.68. The van der Waals surface area contributed by atoms with Gasteiger partial charge in [0.15, 0.2) is 5.78 Å². The quantitative estimate of drug-likeness (QED) is 0.535. The number of Topliss-reactive ketones (excluding diaryl/α,β-unsaturated/α-hetero) is 1. The van der Waals surface area contributed by atoms with E-state index >= 15 is 0 Å². The predicted octanol–water partition coefficient (Wildman–Crippen LogP) is 1.81. The number of hydrogen-bond acceptors (Lipinski definition) is 4. The van der Waals surface area contributed by atoms with Crippen molar-refractivity contribution in [3.05, 3.63) is 22.4 Å². The van der Waals surface area contributed by atoms with Gasteiger partial charge in [0.1, 0.15) is 0 Å². The van der Waals surface area contributed by atoms with Gasteiger partial charge in [-0.3, -0.25) is 4.79 Å². The van der Waals surface area contributed by atoms with Crippen LogP contribution in [0, 0.1) is 0 Å². The van der Waals surface area contributed by atoms with Crippen LogP contribution < -0.4 is 0 Å². The van der Waals surface area contributed by atoms with Crippen LogP contribution in [0.15, 0.2) is 17.5 Å². The molecule has 0 saturated carbocycles. The van der Waals surface area contributed by atoms with Gasteiger partial charge in [0.2, 0.25) is 0 Å². The fraction of sp³-hybridized carbons (Fsp3) is 0.444. The molecule has 0 aliphatic heterocycles. The van der Waals surface area contributed by atoms with Crippen LogP contribution in [0.4, 0.5) is 0 Å². The summed E-state index contributed by atoms with van der Waals surface area (Å²) in [5, 5.41) is 3.55. The van der Waals surface area contributed by atoms with E-state index in [2.05, 4.69) is 0 Å². The molecule has 0 aliphatic rings. The van der Waals surface area contributed by atoms with Crippen molar-refractivity contribution in [1.29, 1.82) is 0 Å². The largest absolute Gasteiger partial charge is 0.303 e. The van der Waals surface area contributed by atoms with Crippen molar-refractivity contribution < 1.29 is 9.63 Å². The molecule has 0 fully saturated rings. The topological polar surface area (TPSA) is 29.5 Å². The second kappa shape index (κ2) is 5.11. The summed E-state index contributed by atoms with van der Waals surface area (Å²) in [6.07, 6.45) is 0.505. The summed E-state index contributed by atoms with van der Waals surface area (Å²) in [6.45, 7) is 0.632. The molecule has 0 radical (unpaired) electrons. The van der Waals surface area contributed by atoms with Crippen molar-refractivity contribution in [3.8, 4) is 0 Å². The van der Waals surface area contributed by atoms with Gasteiger partial charge in [-0.05, 0) is 11.4 Å². The fourth-order valence-electron chi connectivity index (χ4n) is 0.911. The molecule has 0 aromatic carbocycles. The molecule has 0 amide bonds. The lowest BCUT2D eigenvalue weighted by Gasteiger charge is -2.11. The molecule has 0 unspecified atom stereocenters. The highest BCUT2D eigenvalue weighted by atomic mass is 32.1. The molecule has 72 valence electrons. The average molecular weight is 199 g/mol. The second-order valence-electron chi connectivity index (χ2n) is 2.68. The van der Waals surface area contributed by atoms with Crippen LogP contribution >= 0.6 is 11.3 Å². The summed E-state index contributed by atoms with van der Waals surface area (Å²) < 4.78 is 0. The monoisotopic (exact) mass is 199 g/mol. The number of carbonyl (C=O) groups excluding carboxylic acids is 1. The molecule has 1 heterocycles. The average Bonchev–Trinajstić information content (AvgIpc) is 2.66. The molecule has 4 heteroatoms. The first kappa shape index (κ1) is 10.4. The van der Waals surface area contributed by atoms with E-state index in [4.69, 9.17) is 4.84 Å². The molecule has 0 aliphatic carbocycles. The Morgan fingerprint density at radius 2 is 2.46 bits per heavy atom. The van der Waals surface area contributed by atoms with Crippen molar-refractivity contribution in [1.82, 2.24) is 5.06 Å². The van der Waals surface area contributed by atoms with Gasteiger partial charge in [0.25, 0.3) is 0 Å². The standard InChI is InChI=1S/C9H13NO2S/c1-10(12-2)6-5-8(11)9-4-3-7-13-9/h3-4,7H,5-6H2,1-2H3. The van der Waals surface area contributed by atoms with Crippen molar-refractivity contribution in [2.75, 3.05) is 20.7 Å². The zero-order valence-corrected chi connectivity index (χ0v) is 8.63.